The molecule has 1 unspecified atom stereocenters. The van der Waals surface area contributed by atoms with E-state index >= 15 is 0 Å². The summed E-state index contributed by atoms with van der Waals surface area (Å²) in [5.41, 5.74) is 0. The Morgan fingerprint density at radius 2 is 2.26 bits per heavy atom. The van der Waals surface area contributed by atoms with Crippen LogP contribution in [0.5, 0.6) is 0 Å². The van der Waals surface area contributed by atoms with E-state index in [1.54, 1.807) is 6.92 Å². The maximum Gasteiger partial charge on any atom is 0.373 e. The van der Waals surface area contributed by atoms with E-state index < -0.39 is 16.0 Å². The van der Waals surface area contributed by atoms with Crippen molar-refractivity contribution in [2.45, 2.75) is 31.1 Å². The number of nitrogens with zero attached hydrogens (tertiary/aromatic N) is 1. The average Bonchev–Trinajstić information content (AvgIpc) is 3.00. The van der Waals surface area contributed by atoms with Crippen LogP contribution in [0.15, 0.2) is 15.4 Å². The van der Waals surface area contributed by atoms with Crippen LogP contribution in [-0.2, 0) is 21.2 Å². The molecular weight excluding hydrogens is 320 g/mol. The molecule has 1 aromatic heterocycles. The van der Waals surface area contributed by atoms with Crippen LogP contribution in [0, 0.1) is 5.92 Å². The Morgan fingerprint density at radius 1 is 1.52 bits per heavy atom. The van der Waals surface area contributed by atoms with Gasteiger partial charge in [0.05, 0.1) is 7.11 Å². The summed E-state index contributed by atoms with van der Waals surface area (Å²) in [5.74, 6) is -0.165. The lowest BCUT2D eigenvalue weighted by atomic mass is 10.00. The van der Waals surface area contributed by atoms with Crippen molar-refractivity contribution in [3.05, 3.63) is 17.6 Å². The fourth-order valence-electron chi connectivity index (χ4n) is 2.92. The van der Waals surface area contributed by atoms with Crippen molar-refractivity contribution < 1.29 is 22.4 Å². The third-order valence-electron chi connectivity index (χ3n) is 4.07. The second kappa shape index (κ2) is 7.46. The molecule has 7 nitrogen and oxygen atoms in total. The topological polar surface area (TPSA) is 88.8 Å². The molecule has 0 spiro atoms. The first-order chi connectivity index (χ1) is 10.9. The van der Waals surface area contributed by atoms with Crippen LogP contribution >= 0.6 is 0 Å². The number of methoxy groups -OCH3 is 1. The van der Waals surface area contributed by atoms with Gasteiger partial charge in [-0.1, -0.05) is 6.92 Å². The standard InChI is InChI=1S/C15H24N2O5S/c1-4-12-14(8-13(22-12)15(18)21-3)23(19,20)17-7-5-6-11(10-17)9-16-2/h8,11,16H,4-7,9-10H2,1-3H3. The number of hydrogen-bond acceptors (Lipinski definition) is 6. The molecule has 0 amide bonds. The number of rotatable bonds is 6. The zero-order valence-corrected chi connectivity index (χ0v) is 14.6. The lowest BCUT2D eigenvalue weighted by Crippen LogP contribution is -2.42. The zero-order chi connectivity index (χ0) is 17.0. The molecule has 0 aliphatic carbocycles. The lowest BCUT2D eigenvalue weighted by Gasteiger charge is -2.31. The molecule has 23 heavy (non-hydrogen) atoms. The smallest absolute Gasteiger partial charge is 0.373 e. The van der Waals surface area contributed by atoms with Crippen molar-refractivity contribution in [3.63, 3.8) is 0 Å². The number of esters is 1. The SMILES string of the molecule is CCc1oc(C(=O)OC)cc1S(=O)(=O)N1CCCC(CNC)C1. The number of piperidine rings is 1. The predicted octanol–water partition coefficient (Wildman–Crippen LogP) is 1.25. The number of carbonyl (C=O) groups is 1. The van der Waals surface area contributed by atoms with Crippen LogP contribution in [-0.4, -0.2) is 52.5 Å². The molecule has 0 saturated carbocycles. The molecule has 1 saturated heterocycles. The van der Waals surface area contributed by atoms with Crippen molar-refractivity contribution in [3.8, 4) is 0 Å². The van der Waals surface area contributed by atoms with Crippen molar-refractivity contribution in [1.29, 1.82) is 0 Å². The van der Waals surface area contributed by atoms with E-state index in [-0.39, 0.29) is 10.7 Å². The molecule has 1 aliphatic rings. The fourth-order valence-corrected chi connectivity index (χ4v) is 4.70. The van der Waals surface area contributed by atoms with E-state index in [0.29, 0.717) is 31.2 Å². The monoisotopic (exact) mass is 344 g/mol. The van der Waals surface area contributed by atoms with Gasteiger partial charge in [-0.3, -0.25) is 0 Å². The summed E-state index contributed by atoms with van der Waals surface area (Å²) in [5, 5.41) is 3.10. The van der Waals surface area contributed by atoms with Gasteiger partial charge in [0.2, 0.25) is 15.8 Å². The minimum atomic E-state index is -3.67. The molecule has 1 atom stereocenters. The van der Waals surface area contributed by atoms with Crippen LogP contribution in [0.2, 0.25) is 0 Å². The minimum absolute atomic E-state index is 0.0745. The van der Waals surface area contributed by atoms with E-state index in [0.717, 1.165) is 19.4 Å². The summed E-state index contributed by atoms with van der Waals surface area (Å²) in [6.07, 6.45) is 2.22. The van der Waals surface area contributed by atoms with Gasteiger partial charge in [0.15, 0.2) is 0 Å². The van der Waals surface area contributed by atoms with Crippen LogP contribution in [0.3, 0.4) is 0 Å². The van der Waals surface area contributed by atoms with Gasteiger partial charge < -0.3 is 14.5 Å². The minimum Gasteiger partial charge on any atom is -0.463 e. The molecule has 8 heteroatoms. The first-order valence-corrected chi connectivity index (χ1v) is 9.23. The summed E-state index contributed by atoms with van der Waals surface area (Å²) in [4.78, 5) is 11.7. The summed E-state index contributed by atoms with van der Waals surface area (Å²) >= 11 is 0. The van der Waals surface area contributed by atoms with Crippen molar-refractivity contribution in [1.82, 2.24) is 9.62 Å². The normalized spacial score (nSPS) is 19.7. The van der Waals surface area contributed by atoms with E-state index in [4.69, 9.17) is 4.42 Å². The number of furan rings is 1. The van der Waals surface area contributed by atoms with E-state index in [2.05, 4.69) is 10.1 Å². The molecular formula is C15H24N2O5S. The highest BCUT2D eigenvalue weighted by atomic mass is 32.2. The predicted molar refractivity (Wildman–Crippen MR) is 84.8 cm³/mol. The second-order valence-corrected chi connectivity index (χ2v) is 7.58. The van der Waals surface area contributed by atoms with Gasteiger partial charge in [-0.25, -0.2) is 13.2 Å². The van der Waals surface area contributed by atoms with Gasteiger partial charge in [-0.15, -0.1) is 0 Å². The van der Waals surface area contributed by atoms with Gasteiger partial charge in [0, 0.05) is 25.6 Å². The van der Waals surface area contributed by atoms with E-state index in [1.807, 2.05) is 7.05 Å². The Balaban J connectivity index is 2.31. The molecule has 0 bridgehead atoms. The van der Waals surface area contributed by atoms with Crippen molar-refractivity contribution in [2.24, 2.45) is 5.92 Å². The average molecular weight is 344 g/mol. The second-order valence-electron chi connectivity index (χ2n) is 5.67. The third-order valence-corrected chi connectivity index (χ3v) is 5.98. The first-order valence-electron chi connectivity index (χ1n) is 7.79. The maximum absolute atomic E-state index is 12.9. The number of hydrogen-bond donors (Lipinski definition) is 1. The molecule has 1 aliphatic heterocycles. The van der Waals surface area contributed by atoms with Gasteiger partial charge in [0.1, 0.15) is 10.7 Å². The fraction of sp³-hybridized carbons (Fsp3) is 0.667. The van der Waals surface area contributed by atoms with Gasteiger partial charge >= 0.3 is 5.97 Å². The largest absolute Gasteiger partial charge is 0.463 e. The van der Waals surface area contributed by atoms with Gasteiger partial charge in [-0.2, -0.15) is 4.31 Å². The Labute approximate surface area is 137 Å². The Morgan fingerprint density at radius 3 is 2.87 bits per heavy atom. The lowest BCUT2D eigenvalue weighted by molar-refractivity contribution is 0.0563. The van der Waals surface area contributed by atoms with Crippen molar-refractivity contribution >= 4 is 16.0 Å². The van der Waals surface area contributed by atoms with Crippen LogP contribution in [0.1, 0.15) is 36.1 Å². The highest BCUT2D eigenvalue weighted by molar-refractivity contribution is 7.89. The highest BCUT2D eigenvalue weighted by Gasteiger charge is 2.34. The van der Waals surface area contributed by atoms with E-state index in [9.17, 15) is 13.2 Å². The molecule has 0 radical (unpaired) electrons. The highest BCUT2D eigenvalue weighted by Crippen LogP contribution is 2.28. The molecule has 0 aromatic carbocycles. The molecule has 130 valence electrons. The maximum atomic E-state index is 12.9. The summed E-state index contributed by atoms with van der Waals surface area (Å²) in [6.45, 7) is 3.54. The van der Waals surface area contributed by atoms with E-state index in [1.165, 1.54) is 17.5 Å². The van der Waals surface area contributed by atoms with Crippen molar-refractivity contribution in [2.75, 3.05) is 33.8 Å². The van der Waals surface area contributed by atoms with Gasteiger partial charge in [-0.05, 0) is 32.4 Å². The quantitative estimate of drug-likeness (QED) is 0.781. The number of ether oxygens (including phenoxy) is 1. The molecule has 1 fully saturated rings. The van der Waals surface area contributed by atoms with Crippen LogP contribution < -0.4 is 5.32 Å². The first kappa shape index (κ1) is 18.0. The van der Waals surface area contributed by atoms with Gasteiger partial charge in [0.25, 0.3) is 0 Å². The van der Waals surface area contributed by atoms with Crippen LogP contribution in [0.25, 0.3) is 0 Å². The summed E-state index contributed by atoms with van der Waals surface area (Å²) in [7, 11) is -0.577. The molecule has 2 heterocycles. The number of aryl methyl sites for hydroxylation is 1. The molecule has 2 rings (SSSR count). The molecule has 1 aromatic rings. The summed E-state index contributed by atoms with van der Waals surface area (Å²) < 4.78 is 37.3. The number of nitrogens with one attached hydrogen (secondary N) is 1. The number of carbonyl (C=O) groups excluding carboxylic acids is 1. The Hall–Kier alpha value is -1.38. The zero-order valence-electron chi connectivity index (χ0n) is 13.8. The summed E-state index contributed by atoms with van der Waals surface area (Å²) in [6, 6.07) is 1.28. The Bertz CT molecular complexity index is 651. The van der Waals surface area contributed by atoms with Crippen LogP contribution in [0.4, 0.5) is 0 Å². The number of sulfonamides is 1. The Kier molecular flexibility index (Phi) is 5.83. The third kappa shape index (κ3) is 3.76. The molecule has 1 N–H and O–H groups in total.